The third kappa shape index (κ3) is 4.47. The fourth-order valence-electron chi connectivity index (χ4n) is 4.74. The number of hydrogen-bond acceptors (Lipinski definition) is 6. The minimum Gasteiger partial charge on any atom is -0.488 e. The van der Waals surface area contributed by atoms with Gasteiger partial charge in [0, 0.05) is 30.8 Å². The van der Waals surface area contributed by atoms with Crippen LogP contribution in [0.15, 0.2) is 36.7 Å². The Hall–Kier alpha value is -2.96. The highest BCUT2D eigenvalue weighted by Crippen LogP contribution is 2.39. The maximum atomic E-state index is 12.9. The molecule has 3 aliphatic rings. The number of rotatable bonds is 6. The number of nitrogens with zero attached hydrogens (tertiary/aromatic N) is 4. The maximum absolute atomic E-state index is 12.9. The van der Waals surface area contributed by atoms with Crippen LogP contribution in [0.2, 0.25) is 0 Å². The molecule has 2 aliphatic carbocycles. The van der Waals surface area contributed by atoms with Crippen LogP contribution in [0.4, 0.5) is 5.82 Å². The number of hydrogen-bond donors (Lipinski definition) is 1. The minimum atomic E-state index is -0.0603. The molecule has 3 fully saturated rings. The van der Waals surface area contributed by atoms with Crippen LogP contribution in [0.1, 0.15) is 63.1 Å². The molecule has 7 nitrogen and oxygen atoms in total. The molecule has 1 N–H and O–H groups in total. The molecule has 0 atom stereocenters. The first kappa shape index (κ1) is 20.9. The van der Waals surface area contributed by atoms with Gasteiger partial charge in [0.25, 0.3) is 0 Å². The Morgan fingerprint density at radius 2 is 1.94 bits per heavy atom. The number of benzene rings is 1. The van der Waals surface area contributed by atoms with Crippen molar-refractivity contribution in [1.82, 2.24) is 14.9 Å². The van der Waals surface area contributed by atoms with Crippen LogP contribution in [0.5, 0.6) is 5.75 Å². The Bertz CT molecular complexity index is 1010. The van der Waals surface area contributed by atoms with Crippen LogP contribution in [0.3, 0.4) is 0 Å². The van der Waals surface area contributed by atoms with Gasteiger partial charge in [-0.15, -0.1) is 0 Å². The van der Waals surface area contributed by atoms with Gasteiger partial charge in [-0.25, -0.2) is 9.97 Å². The maximum Gasteiger partial charge on any atom is 0.242 e. The van der Waals surface area contributed by atoms with Crippen molar-refractivity contribution in [3.8, 4) is 5.75 Å². The molecular formula is C25H31N5O2. The van der Waals surface area contributed by atoms with Crippen molar-refractivity contribution in [3.05, 3.63) is 47.9 Å². The van der Waals surface area contributed by atoms with Crippen molar-refractivity contribution in [1.29, 1.82) is 5.41 Å². The zero-order valence-electron chi connectivity index (χ0n) is 18.7. The lowest BCUT2D eigenvalue weighted by molar-refractivity contribution is -0.134. The van der Waals surface area contributed by atoms with E-state index in [9.17, 15) is 4.79 Å². The van der Waals surface area contributed by atoms with E-state index in [2.05, 4.69) is 21.8 Å². The van der Waals surface area contributed by atoms with Crippen LogP contribution < -0.4 is 9.64 Å². The topological polar surface area (TPSA) is 82.4 Å². The molecule has 1 amide bonds. The molecule has 1 aliphatic heterocycles. The van der Waals surface area contributed by atoms with Crippen LogP contribution in [-0.4, -0.2) is 57.8 Å². The van der Waals surface area contributed by atoms with Gasteiger partial charge < -0.3 is 14.5 Å². The van der Waals surface area contributed by atoms with Gasteiger partial charge in [0.05, 0.1) is 18.0 Å². The zero-order valence-corrected chi connectivity index (χ0v) is 18.7. The van der Waals surface area contributed by atoms with Crippen molar-refractivity contribution in [2.75, 3.05) is 24.5 Å². The Morgan fingerprint density at radius 1 is 1.12 bits per heavy atom. The van der Waals surface area contributed by atoms with E-state index < -0.39 is 0 Å². The Labute approximate surface area is 189 Å². The molecule has 168 valence electrons. The molecule has 0 bridgehead atoms. The third-order valence-corrected chi connectivity index (χ3v) is 6.95. The van der Waals surface area contributed by atoms with Gasteiger partial charge in [-0.1, -0.05) is 31.4 Å². The summed E-state index contributed by atoms with van der Waals surface area (Å²) in [6.45, 7) is 3.94. The number of carbonyl (C=O) groups is 1. The van der Waals surface area contributed by atoms with E-state index in [0.29, 0.717) is 29.8 Å². The second kappa shape index (κ2) is 8.52. The lowest BCUT2D eigenvalue weighted by atomic mass is 9.93. The van der Waals surface area contributed by atoms with E-state index in [0.717, 1.165) is 50.1 Å². The van der Waals surface area contributed by atoms with Crippen molar-refractivity contribution < 1.29 is 9.53 Å². The fourth-order valence-corrected chi connectivity index (χ4v) is 4.74. The summed E-state index contributed by atoms with van der Waals surface area (Å²) in [6, 6.07) is 9.87. The quantitative estimate of drug-likeness (QED) is 0.701. The standard InChI is InChI=1S/C25H31N5O2/c1-25(10-11-25)32-20-9-5-6-18(14-20)24(26)21-15-22(28-17-27-21)29-12-13-30(23(31)16-29)19-7-3-2-4-8-19/h5-6,9,14-15,17,19,26H,2-4,7-8,10-13,16H2,1H3. The fraction of sp³-hybridized carbons (Fsp3) is 0.520. The highest BCUT2D eigenvalue weighted by Gasteiger charge is 2.40. The highest BCUT2D eigenvalue weighted by molar-refractivity contribution is 6.10. The van der Waals surface area contributed by atoms with Crippen LogP contribution in [0, 0.1) is 5.41 Å². The van der Waals surface area contributed by atoms with Crippen molar-refractivity contribution in [3.63, 3.8) is 0 Å². The molecule has 7 heteroatoms. The van der Waals surface area contributed by atoms with E-state index in [-0.39, 0.29) is 11.5 Å². The SMILES string of the molecule is CC1(Oc2cccc(C(=N)c3cc(N4CCN(C5CCCCC5)C(=O)C4)ncn3)c2)CC1. The van der Waals surface area contributed by atoms with Gasteiger partial charge in [0.15, 0.2) is 0 Å². The van der Waals surface area contributed by atoms with Crippen molar-refractivity contribution in [2.24, 2.45) is 0 Å². The first-order valence-electron chi connectivity index (χ1n) is 11.8. The number of aromatic nitrogens is 2. The number of piperazine rings is 1. The van der Waals surface area contributed by atoms with Crippen LogP contribution >= 0.6 is 0 Å². The molecular weight excluding hydrogens is 402 g/mol. The first-order chi connectivity index (χ1) is 15.5. The summed E-state index contributed by atoms with van der Waals surface area (Å²) < 4.78 is 6.05. The lowest BCUT2D eigenvalue weighted by Gasteiger charge is -2.40. The highest BCUT2D eigenvalue weighted by atomic mass is 16.5. The second-order valence-electron chi connectivity index (χ2n) is 9.52. The predicted octanol–water partition coefficient (Wildman–Crippen LogP) is 3.81. The van der Waals surface area contributed by atoms with E-state index in [4.69, 9.17) is 10.1 Å². The monoisotopic (exact) mass is 433 g/mol. The molecule has 1 saturated heterocycles. The number of carbonyl (C=O) groups excluding carboxylic acids is 1. The summed E-state index contributed by atoms with van der Waals surface area (Å²) in [7, 11) is 0. The minimum absolute atomic E-state index is 0.0603. The van der Waals surface area contributed by atoms with E-state index >= 15 is 0 Å². The van der Waals surface area contributed by atoms with Gasteiger partial charge in [-0.05, 0) is 44.7 Å². The summed E-state index contributed by atoms with van der Waals surface area (Å²) in [5.74, 6) is 1.66. The summed E-state index contributed by atoms with van der Waals surface area (Å²) in [5, 5.41) is 8.69. The second-order valence-corrected chi connectivity index (χ2v) is 9.52. The molecule has 2 saturated carbocycles. The third-order valence-electron chi connectivity index (χ3n) is 6.95. The molecule has 0 radical (unpaired) electrons. The normalized spacial score (nSPS) is 20.8. The number of amides is 1. The summed E-state index contributed by atoms with van der Waals surface area (Å²) in [5.41, 5.74) is 1.57. The Kier molecular flexibility index (Phi) is 5.57. The summed E-state index contributed by atoms with van der Waals surface area (Å²) in [4.78, 5) is 25.7. The number of anilines is 1. The molecule has 5 rings (SSSR count). The smallest absolute Gasteiger partial charge is 0.242 e. The van der Waals surface area contributed by atoms with E-state index in [1.807, 2.05) is 35.2 Å². The van der Waals surface area contributed by atoms with Gasteiger partial charge in [-0.2, -0.15) is 0 Å². The Morgan fingerprint density at radius 3 is 2.69 bits per heavy atom. The number of nitrogens with one attached hydrogen (secondary N) is 1. The molecule has 0 spiro atoms. The van der Waals surface area contributed by atoms with Gasteiger partial charge in [-0.3, -0.25) is 10.2 Å². The molecule has 32 heavy (non-hydrogen) atoms. The molecule has 1 aromatic carbocycles. The van der Waals surface area contributed by atoms with Crippen LogP contribution in [-0.2, 0) is 4.79 Å². The average Bonchev–Trinajstić information content (AvgIpc) is 3.55. The summed E-state index contributed by atoms with van der Waals surface area (Å²) >= 11 is 0. The molecule has 0 unspecified atom stereocenters. The largest absolute Gasteiger partial charge is 0.488 e. The lowest BCUT2D eigenvalue weighted by Crippen LogP contribution is -2.54. The zero-order chi connectivity index (χ0) is 22.1. The van der Waals surface area contributed by atoms with Gasteiger partial charge in [0.1, 0.15) is 23.5 Å². The van der Waals surface area contributed by atoms with Crippen molar-refractivity contribution in [2.45, 2.75) is 63.5 Å². The molecule has 2 aromatic rings. The van der Waals surface area contributed by atoms with E-state index in [1.54, 1.807) is 0 Å². The summed E-state index contributed by atoms with van der Waals surface area (Å²) in [6.07, 6.45) is 9.61. The van der Waals surface area contributed by atoms with Gasteiger partial charge >= 0.3 is 0 Å². The van der Waals surface area contributed by atoms with Crippen LogP contribution in [0.25, 0.3) is 0 Å². The Balaban J connectivity index is 1.28. The molecule has 1 aromatic heterocycles. The number of ether oxygens (including phenoxy) is 1. The van der Waals surface area contributed by atoms with E-state index in [1.165, 1.54) is 25.6 Å². The average molecular weight is 434 g/mol. The first-order valence-corrected chi connectivity index (χ1v) is 11.8. The van der Waals surface area contributed by atoms with Gasteiger partial charge in [0.2, 0.25) is 5.91 Å². The predicted molar refractivity (Wildman–Crippen MR) is 123 cm³/mol. The van der Waals surface area contributed by atoms with Crippen molar-refractivity contribution >= 4 is 17.4 Å². The molecule has 2 heterocycles.